The maximum absolute atomic E-state index is 16.0. The molecule has 0 spiro atoms. The van der Waals surface area contributed by atoms with Gasteiger partial charge in [0, 0.05) is 0 Å². The third-order valence-electron chi connectivity index (χ3n) is 7.33. The van der Waals surface area contributed by atoms with Gasteiger partial charge in [0.2, 0.25) is 0 Å². The van der Waals surface area contributed by atoms with Crippen LogP contribution in [0.2, 0.25) is 0 Å². The predicted octanol–water partition coefficient (Wildman–Crippen LogP) is 2.21. The van der Waals surface area contributed by atoms with Crippen LogP contribution >= 0.6 is 38.1 Å². The largest absolute Gasteiger partial charge is 0.386 e. The Morgan fingerprint density at radius 3 is 2.00 bits per heavy atom. The van der Waals surface area contributed by atoms with Crippen LogP contribution in [0, 0.1) is 6.92 Å². The number of nitrogen functional groups attached to an aromatic ring is 1. The summed E-state index contributed by atoms with van der Waals surface area (Å²) >= 11 is 7.97. The van der Waals surface area contributed by atoms with E-state index < -0.39 is 81.6 Å². The molecule has 0 bridgehead atoms. The van der Waals surface area contributed by atoms with Crippen LogP contribution in [0.25, 0.3) is 22.3 Å². The molecule has 18 nitrogen and oxygen atoms in total. The van der Waals surface area contributed by atoms with E-state index in [-0.39, 0.29) is 34.0 Å². The number of thiol groups is 2. The van der Waals surface area contributed by atoms with Crippen molar-refractivity contribution in [3.63, 3.8) is 0 Å². The number of hydrogen-bond donors (Lipinski definition) is 4. The van der Waals surface area contributed by atoms with Crippen molar-refractivity contribution in [1.29, 1.82) is 0 Å². The molecule has 0 unspecified atom stereocenters. The molecule has 242 valence electrons. The van der Waals surface area contributed by atoms with E-state index >= 15 is 8.78 Å². The van der Waals surface area contributed by atoms with E-state index in [2.05, 4.69) is 54.4 Å². The fraction of sp³-hybridized carbons (Fsp3) is 0.524. The highest BCUT2D eigenvalue weighted by atomic mass is 32.7. The highest BCUT2D eigenvalue weighted by molar-refractivity contribution is 8.44. The van der Waals surface area contributed by atoms with Crippen molar-refractivity contribution in [1.82, 2.24) is 39.0 Å². The monoisotopic (exact) mass is 709 g/mol. The fourth-order valence-electron chi connectivity index (χ4n) is 5.34. The summed E-state index contributed by atoms with van der Waals surface area (Å²) in [5.74, 6) is 0.275. The number of rotatable bonds is 2. The Labute approximate surface area is 260 Å². The second kappa shape index (κ2) is 11.3. The number of fused-ring (bicyclic) bond motifs is 4. The van der Waals surface area contributed by atoms with E-state index in [1.54, 1.807) is 0 Å². The third-order valence-corrected chi connectivity index (χ3v) is 10.6. The number of nitrogens with one attached hydrogen (secondary N) is 1. The molecule has 0 saturated carbocycles. The first kappa shape index (κ1) is 31.1. The Balaban J connectivity index is 1.17. The maximum atomic E-state index is 16.0. The van der Waals surface area contributed by atoms with Crippen LogP contribution in [0.4, 0.5) is 14.6 Å². The minimum atomic E-state index is -4.42. The number of ether oxygens (including phenoxy) is 2. The van der Waals surface area contributed by atoms with Crippen LogP contribution in [0.15, 0.2) is 23.8 Å². The van der Waals surface area contributed by atoms with Crippen LogP contribution in [0.1, 0.15) is 18.3 Å². The van der Waals surface area contributed by atoms with E-state index in [0.717, 1.165) is 17.2 Å². The normalized spacial score (nSPS) is 37.7. The zero-order chi connectivity index (χ0) is 31.8. The number of halogens is 2. The van der Waals surface area contributed by atoms with Gasteiger partial charge in [0.25, 0.3) is 5.56 Å². The van der Waals surface area contributed by atoms with E-state index in [1.165, 1.54) is 17.8 Å². The molecule has 4 aromatic heterocycles. The topological polar surface area (TPSA) is 223 Å². The number of alkyl halides is 2. The summed E-state index contributed by atoms with van der Waals surface area (Å²) < 4.78 is 94.5. The highest BCUT2D eigenvalue weighted by Gasteiger charge is 2.54. The zero-order valence-corrected chi connectivity index (χ0v) is 26.3. The number of hydrogen-bond acceptors (Lipinski definition) is 15. The number of nitrogens with two attached hydrogens (primary N) is 1. The molecule has 4 aromatic rings. The second-order valence-electron chi connectivity index (χ2n) is 10.2. The number of aryl methyl sites for hydroxylation is 1. The molecule has 0 aliphatic carbocycles. The van der Waals surface area contributed by atoms with Crippen LogP contribution in [0.5, 0.6) is 0 Å². The van der Waals surface area contributed by atoms with E-state index in [9.17, 15) is 13.9 Å². The van der Waals surface area contributed by atoms with Crippen molar-refractivity contribution >= 4 is 66.2 Å². The van der Waals surface area contributed by atoms with Crippen LogP contribution in [-0.2, 0) is 36.7 Å². The van der Waals surface area contributed by atoms with Gasteiger partial charge in [-0.3, -0.25) is 32.0 Å². The SMILES string of the molecule is Cc1nc2c(ncn2[C@@H]2O[C@@H]3CO[P@](=O)(S)O[C@H]4[C@@H](F)[C@H](n5cnc6c(N)ncnc65)O[C@@H]4CO[P@@](=O)(S)O[C@H]3[C@H]2F)c(=O)[nH]1. The van der Waals surface area contributed by atoms with Gasteiger partial charge in [0.15, 0.2) is 47.4 Å². The van der Waals surface area contributed by atoms with Crippen LogP contribution in [0.3, 0.4) is 0 Å². The Morgan fingerprint density at radius 2 is 1.42 bits per heavy atom. The molecule has 3 aliphatic rings. The minimum absolute atomic E-state index is 0.00368. The average Bonchev–Trinajstić information content (AvgIpc) is 3.72. The molecule has 45 heavy (non-hydrogen) atoms. The summed E-state index contributed by atoms with van der Waals surface area (Å²) in [6.07, 6.45) is -9.65. The van der Waals surface area contributed by atoms with Crippen LogP contribution < -0.4 is 11.3 Å². The summed E-state index contributed by atoms with van der Waals surface area (Å²) in [6.45, 7) is -8.66. The minimum Gasteiger partial charge on any atom is -0.382 e. The lowest BCUT2D eigenvalue weighted by Gasteiger charge is -2.28. The van der Waals surface area contributed by atoms with Gasteiger partial charge in [-0.2, -0.15) is 0 Å². The maximum Gasteiger partial charge on any atom is 0.386 e. The molecule has 7 rings (SSSR count). The molecule has 0 radical (unpaired) electrons. The molecule has 7 heterocycles. The van der Waals surface area contributed by atoms with Crippen molar-refractivity contribution in [3.8, 4) is 0 Å². The molecule has 3 aliphatic heterocycles. The smallest absolute Gasteiger partial charge is 0.382 e. The number of aromatic nitrogens is 8. The van der Waals surface area contributed by atoms with Gasteiger partial charge in [-0.25, -0.2) is 42.8 Å². The number of imidazole rings is 2. The first-order valence-electron chi connectivity index (χ1n) is 13.1. The van der Waals surface area contributed by atoms with Crippen molar-refractivity contribution in [3.05, 3.63) is 35.2 Å². The molecule has 0 aromatic carbocycles. The summed E-state index contributed by atoms with van der Waals surface area (Å²) in [7, 11) is 0. The quantitative estimate of drug-likeness (QED) is 0.173. The lowest BCUT2D eigenvalue weighted by molar-refractivity contribution is -0.0544. The van der Waals surface area contributed by atoms with Crippen molar-refractivity contribution in [2.24, 2.45) is 0 Å². The molecular formula is C21H23F2N9O9P2S2. The van der Waals surface area contributed by atoms with Gasteiger partial charge < -0.3 is 20.2 Å². The number of nitrogens with zero attached hydrogens (tertiary/aromatic N) is 7. The van der Waals surface area contributed by atoms with E-state index in [1.807, 2.05) is 0 Å². The van der Waals surface area contributed by atoms with E-state index in [0.29, 0.717) is 0 Å². The average molecular weight is 710 g/mol. The molecule has 3 N–H and O–H groups in total. The highest BCUT2D eigenvalue weighted by Crippen LogP contribution is 2.60. The predicted molar refractivity (Wildman–Crippen MR) is 155 cm³/mol. The lowest BCUT2D eigenvalue weighted by Crippen LogP contribution is -2.36. The summed E-state index contributed by atoms with van der Waals surface area (Å²) in [5.41, 5.74) is 5.51. The second-order valence-corrected chi connectivity index (χ2v) is 16.0. The van der Waals surface area contributed by atoms with Crippen molar-refractivity contribution < 1.29 is 45.5 Å². The van der Waals surface area contributed by atoms with E-state index in [4.69, 9.17) is 33.3 Å². The summed E-state index contributed by atoms with van der Waals surface area (Å²) in [4.78, 5) is 35.0. The van der Waals surface area contributed by atoms with Gasteiger partial charge in [-0.1, -0.05) is 24.5 Å². The Hall–Kier alpha value is -2.52. The molecular weight excluding hydrogens is 686 g/mol. The number of H-pyrrole nitrogens is 1. The third kappa shape index (κ3) is 5.60. The first-order valence-corrected chi connectivity index (χ1v) is 18.5. The first-order chi connectivity index (χ1) is 21.3. The Morgan fingerprint density at radius 1 is 0.889 bits per heavy atom. The molecule has 24 heteroatoms. The van der Waals surface area contributed by atoms with Gasteiger partial charge >= 0.3 is 13.6 Å². The van der Waals surface area contributed by atoms with Gasteiger partial charge in [-0.05, 0) is 6.92 Å². The zero-order valence-electron chi connectivity index (χ0n) is 22.7. The van der Waals surface area contributed by atoms with Gasteiger partial charge in [0.1, 0.15) is 42.1 Å². The summed E-state index contributed by atoms with van der Waals surface area (Å²) in [5, 5.41) is 0. The molecule has 0 amide bonds. The molecule has 3 fully saturated rings. The van der Waals surface area contributed by atoms with Gasteiger partial charge in [-0.15, -0.1) is 0 Å². The number of aromatic amines is 1. The number of anilines is 1. The standard InChI is InChI=1S/C21H23F2N9O9P2S2/c1-7-29-18-13(19(33)30-7)28-6-32(18)21-11(23)15-9(39-21)3-37-42(34,44)40-14-8(2-36-43(35,45)41-15)38-20(10(14)22)31-5-27-12-16(24)25-4-26-17(12)31/h4-6,8-11,14-15,20-21H,2-3H2,1H3,(H,34,44)(H,35,45)(H2,24,25,26)(H,29,30,33)/t8-,9-,10-,11-,14-,15-,20-,21-,42+,43-/m1/s1. The fourth-order valence-corrected chi connectivity index (χ4v) is 8.30. The Kier molecular flexibility index (Phi) is 7.82. The van der Waals surface area contributed by atoms with Crippen molar-refractivity contribution in [2.45, 2.75) is 56.1 Å². The van der Waals surface area contributed by atoms with Gasteiger partial charge in [0.05, 0.1) is 25.9 Å². The lowest BCUT2D eigenvalue weighted by atomic mass is 10.1. The summed E-state index contributed by atoms with van der Waals surface area (Å²) in [6, 6.07) is 0. The Bertz CT molecular complexity index is 1950. The van der Waals surface area contributed by atoms with Crippen LogP contribution in [-0.4, -0.2) is 89.0 Å². The molecule has 10 atom stereocenters. The molecule has 3 saturated heterocycles. The van der Waals surface area contributed by atoms with Crippen molar-refractivity contribution in [2.75, 3.05) is 18.9 Å².